The number of aliphatic carboxylic acids is 1. The molecule has 0 fully saturated rings. The third kappa shape index (κ3) is 3.83. The minimum Gasteiger partial charge on any atom is -0.478 e. The van der Waals surface area contributed by atoms with Gasteiger partial charge in [0.25, 0.3) is 0 Å². The molecule has 0 aliphatic rings. The van der Waals surface area contributed by atoms with Gasteiger partial charge in [0.1, 0.15) is 17.1 Å². The number of hydrogen-bond acceptors (Lipinski definition) is 3. The molecule has 0 saturated heterocycles. The van der Waals surface area contributed by atoms with Gasteiger partial charge in [-0.2, -0.15) is 0 Å². The molecule has 2 rings (SSSR count). The van der Waals surface area contributed by atoms with Crippen molar-refractivity contribution in [2.75, 3.05) is 0 Å². The maximum atomic E-state index is 13.8. The Labute approximate surface area is 143 Å². The molecule has 3 N–H and O–H groups in total. The standard InChI is InChI=1S/C16H10BrF3N2O2/c17-9-3-1-8(2-4-9)14(11(7-21)16(23)24)22-15-12(19)5-10(18)6-13(15)20/h1-7H,21H2,(H,23,24). The van der Waals surface area contributed by atoms with Crippen molar-refractivity contribution in [3.05, 3.63) is 75.7 Å². The molecule has 0 aliphatic carbocycles. The molecule has 0 aromatic heterocycles. The third-order valence-electron chi connectivity index (χ3n) is 2.98. The number of aliphatic imine (C=N–C) groups is 1. The number of nitrogens with zero attached hydrogens (tertiary/aromatic N) is 1. The van der Waals surface area contributed by atoms with Gasteiger partial charge in [0.2, 0.25) is 0 Å². The smallest absolute Gasteiger partial charge is 0.339 e. The largest absolute Gasteiger partial charge is 0.478 e. The van der Waals surface area contributed by atoms with Gasteiger partial charge >= 0.3 is 5.97 Å². The van der Waals surface area contributed by atoms with Crippen molar-refractivity contribution in [3.63, 3.8) is 0 Å². The van der Waals surface area contributed by atoms with Crippen LogP contribution in [0.25, 0.3) is 0 Å². The van der Waals surface area contributed by atoms with E-state index in [1.54, 1.807) is 12.1 Å². The van der Waals surface area contributed by atoms with Crippen molar-refractivity contribution in [1.82, 2.24) is 0 Å². The molecule has 0 unspecified atom stereocenters. The van der Waals surface area contributed by atoms with Gasteiger partial charge in [0.15, 0.2) is 11.6 Å². The average molecular weight is 399 g/mol. The lowest BCUT2D eigenvalue weighted by atomic mass is 10.0. The van der Waals surface area contributed by atoms with E-state index in [1.165, 1.54) is 12.1 Å². The monoisotopic (exact) mass is 398 g/mol. The number of benzene rings is 2. The number of carboxylic acid groups (broad SMARTS) is 1. The first-order valence-electron chi connectivity index (χ1n) is 6.48. The Hall–Kier alpha value is -2.61. The minimum absolute atomic E-state index is 0.262. The summed E-state index contributed by atoms with van der Waals surface area (Å²) < 4.78 is 41.4. The lowest BCUT2D eigenvalue weighted by Crippen LogP contribution is -2.15. The second-order valence-electron chi connectivity index (χ2n) is 4.57. The molecule has 0 radical (unpaired) electrons. The molecule has 2 aromatic rings. The fourth-order valence-corrected chi connectivity index (χ4v) is 2.16. The van der Waals surface area contributed by atoms with E-state index in [4.69, 9.17) is 5.73 Å². The van der Waals surface area contributed by atoms with E-state index in [0.29, 0.717) is 16.6 Å². The Kier molecular flexibility index (Phi) is 5.40. The maximum absolute atomic E-state index is 13.8. The average Bonchev–Trinajstić information content (AvgIpc) is 2.50. The Morgan fingerprint density at radius 1 is 1.12 bits per heavy atom. The van der Waals surface area contributed by atoms with Crippen LogP contribution in [0.5, 0.6) is 0 Å². The summed E-state index contributed by atoms with van der Waals surface area (Å²) in [5.74, 6) is -5.06. The van der Waals surface area contributed by atoms with Crippen LogP contribution in [0.3, 0.4) is 0 Å². The molecule has 0 saturated carbocycles. The van der Waals surface area contributed by atoms with Crippen LogP contribution in [-0.4, -0.2) is 16.8 Å². The summed E-state index contributed by atoms with van der Waals surface area (Å²) in [7, 11) is 0. The zero-order valence-corrected chi connectivity index (χ0v) is 13.5. The van der Waals surface area contributed by atoms with Crippen molar-refractivity contribution < 1.29 is 23.1 Å². The highest BCUT2D eigenvalue weighted by atomic mass is 79.9. The first-order valence-corrected chi connectivity index (χ1v) is 7.27. The highest BCUT2D eigenvalue weighted by Crippen LogP contribution is 2.26. The lowest BCUT2D eigenvalue weighted by molar-refractivity contribution is -0.132. The normalized spacial score (nSPS) is 12.3. The summed E-state index contributed by atoms with van der Waals surface area (Å²) in [6.45, 7) is 0. The van der Waals surface area contributed by atoms with Crippen molar-refractivity contribution in [3.8, 4) is 0 Å². The van der Waals surface area contributed by atoms with Crippen LogP contribution in [-0.2, 0) is 4.79 Å². The van der Waals surface area contributed by atoms with E-state index in [2.05, 4.69) is 20.9 Å². The Bertz CT molecular complexity index is 826. The van der Waals surface area contributed by atoms with Crippen LogP contribution < -0.4 is 5.73 Å². The van der Waals surface area contributed by atoms with Gasteiger partial charge in [0, 0.05) is 28.4 Å². The minimum atomic E-state index is -1.43. The Morgan fingerprint density at radius 2 is 1.67 bits per heavy atom. The topological polar surface area (TPSA) is 75.7 Å². The molecule has 2 aromatic carbocycles. The molecule has 0 amide bonds. The summed E-state index contributed by atoms with van der Waals surface area (Å²) in [4.78, 5) is 15.1. The first kappa shape index (κ1) is 17.7. The Morgan fingerprint density at radius 3 is 2.12 bits per heavy atom. The molecule has 0 bridgehead atoms. The molecule has 124 valence electrons. The molecule has 4 nitrogen and oxygen atoms in total. The molecule has 8 heteroatoms. The summed E-state index contributed by atoms with van der Waals surface area (Å²) in [5, 5.41) is 9.23. The SMILES string of the molecule is NC=C(C(=O)O)C(=Nc1c(F)cc(F)cc1F)c1ccc(Br)cc1. The molecule has 0 atom stereocenters. The maximum Gasteiger partial charge on any atom is 0.339 e. The molecule has 0 aliphatic heterocycles. The molecular weight excluding hydrogens is 389 g/mol. The first-order chi connectivity index (χ1) is 11.3. The summed E-state index contributed by atoms with van der Waals surface area (Å²) in [5.41, 5.74) is 4.05. The third-order valence-corrected chi connectivity index (χ3v) is 3.50. The zero-order valence-electron chi connectivity index (χ0n) is 11.9. The van der Waals surface area contributed by atoms with Crippen molar-refractivity contribution >= 4 is 33.3 Å². The highest BCUT2D eigenvalue weighted by Gasteiger charge is 2.19. The van der Waals surface area contributed by atoms with Gasteiger partial charge in [-0.3, -0.25) is 0 Å². The number of rotatable bonds is 4. The molecule has 0 heterocycles. The van der Waals surface area contributed by atoms with Crippen LogP contribution in [0.4, 0.5) is 18.9 Å². The van der Waals surface area contributed by atoms with Gasteiger partial charge in [-0.1, -0.05) is 28.1 Å². The van der Waals surface area contributed by atoms with Crippen molar-refractivity contribution in [1.29, 1.82) is 0 Å². The number of hydrogen-bond donors (Lipinski definition) is 2. The van der Waals surface area contributed by atoms with Crippen LogP contribution in [0.1, 0.15) is 5.56 Å². The second kappa shape index (κ2) is 7.31. The van der Waals surface area contributed by atoms with E-state index in [-0.39, 0.29) is 11.3 Å². The second-order valence-corrected chi connectivity index (χ2v) is 5.49. The predicted molar refractivity (Wildman–Crippen MR) is 86.6 cm³/mol. The van der Waals surface area contributed by atoms with E-state index < -0.39 is 34.7 Å². The van der Waals surface area contributed by atoms with E-state index in [0.717, 1.165) is 6.20 Å². The predicted octanol–water partition coefficient (Wildman–Crippen LogP) is 3.91. The van der Waals surface area contributed by atoms with E-state index in [1.807, 2.05) is 0 Å². The zero-order chi connectivity index (χ0) is 17.9. The van der Waals surface area contributed by atoms with Crippen LogP contribution >= 0.6 is 15.9 Å². The molecule has 24 heavy (non-hydrogen) atoms. The lowest BCUT2D eigenvalue weighted by Gasteiger charge is -2.09. The summed E-state index contributed by atoms with van der Waals surface area (Å²) in [6.07, 6.45) is 0.766. The van der Waals surface area contributed by atoms with Crippen LogP contribution in [0, 0.1) is 17.5 Å². The highest BCUT2D eigenvalue weighted by molar-refractivity contribution is 9.10. The molecular formula is C16H10BrF3N2O2. The number of halogens is 4. The quantitative estimate of drug-likeness (QED) is 0.605. The fraction of sp³-hybridized carbons (Fsp3) is 0. The van der Waals surface area contributed by atoms with Gasteiger partial charge in [-0.25, -0.2) is 23.0 Å². The van der Waals surface area contributed by atoms with Gasteiger partial charge in [-0.15, -0.1) is 0 Å². The van der Waals surface area contributed by atoms with Crippen molar-refractivity contribution in [2.24, 2.45) is 10.7 Å². The van der Waals surface area contributed by atoms with E-state index >= 15 is 0 Å². The number of nitrogens with two attached hydrogens (primary N) is 1. The molecule has 0 spiro atoms. The summed E-state index contributed by atoms with van der Waals surface area (Å²) >= 11 is 3.22. The van der Waals surface area contributed by atoms with Gasteiger partial charge < -0.3 is 10.8 Å². The van der Waals surface area contributed by atoms with Crippen molar-refractivity contribution in [2.45, 2.75) is 0 Å². The number of carboxylic acids is 1. The van der Waals surface area contributed by atoms with Crippen LogP contribution in [0.15, 0.2) is 57.6 Å². The van der Waals surface area contributed by atoms with E-state index in [9.17, 15) is 23.1 Å². The van der Waals surface area contributed by atoms with Gasteiger partial charge in [0.05, 0.1) is 5.71 Å². The number of carbonyl (C=O) groups is 1. The Balaban J connectivity index is 2.71. The summed E-state index contributed by atoms with van der Waals surface area (Å²) in [6, 6.07) is 7.08. The van der Waals surface area contributed by atoms with Crippen LogP contribution in [0.2, 0.25) is 0 Å². The fourth-order valence-electron chi connectivity index (χ4n) is 1.89. The van der Waals surface area contributed by atoms with Gasteiger partial charge in [-0.05, 0) is 12.1 Å².